The molecule has 0 aromatic heterocycles. The van der Waals surface area contributed by atoms with Gasteiger partial charge in [-0.25, -0.2) is 0 Å². The van der Waals surface area contributed by atoms with E-state index in [1.165, 1.54) is 6.07 Å². The van der Waals surface area contributed by atoms with E-state index in [2.05, 4.69) is 15.9 Å². The maximum absolute atomic E-state index is 10.3. The molecule has 0 unspecified atom stereocenters. The van der Waals surface area contributed by atoms with Crippen LogP contribution in [-0.4, -0.2) is 6.29 Å². The van der Waals surface area contributed by atoms with Crippen LogP contribution in [-0.2, 0) is 0 Å². The highest BCUT2D eigenvalue weighted by Crippen LogP contribution is 2.13. The molecule has 0 bridgehead atoms. The van der Waals surface area contributed by atoms with Crippen LogP contribution in [0.4, 0.5) is 0 Å². The molecule has 11 heavy (non-hydrogen) atoms. The van der Waals surface area contributed by atoms with Gasteiger partial charge in [0.05, 0.1) is 11.6 Å². The number of benzene rings is 1. The van der Waals surface area contributed by atoms with Crippen LogP contribution in [0, 0.1) is 11.3 Å². The zero-order valence-electron chi connectivity index (χ0n) is 5.54. The SMILES string of the molecule is N#Cc1cc(Br)cc(C=O)c1. The Morgan fingerprint density at radius 1 is 1.45 bits per heavy atom. The minimum Gasteiger partial charge on any atom is -0.298 e. The quantitative estimate of drug-likeness (QED) is 0.666. The van der Waals surface area contributed by atoms with Gasteiger partial charge in [-0.2, -0.15) is 5.26 Å². The fraction of sp³-hybridized carbons (Fsp3) is 0. The minimum atomic E-state index is 0.487. The van der Waals surface area contributed by atoms with E-state index in [0.717, 1.165) is 4.47 Å². The molecule has 0 spiro atoms. The van der Waals surface area contributed by atoms with Crippen molar-refractivity contribution < 1.29 is 4.79 Å². The van der Waals surface area contributed by atoms with Crippen molar-refractivity contribution in [2.45, 2.75) is 0 Å². The summed E-state index contributed by atoms with van der Waals surface area (Å²) in [5.41, 5.74) is 0.998. The number of rotatable bonds is 1. The van der Waals surface area contributed by atoms with Gasteiger partial charge in [0.25, 0.3) is 0 Å². The zero-order chi connectivity index (χ0) is 8.27. The summed E-state index contributed by atoms with van der Waals surface area (Å²) in [4.78, 5) is 10.3. The summed E-state index contributed by atoms with van der Waals surface area (Å²) in [7, 11) is 0. The van der Waals surface area contributed by atoms with Crippen LogP contribution in [0.1, 0.15) is 15.9 Å². The van der Waals surface area contributed by atoms with Crippen molar-refractivity contribution in [3.8, 4) is 6.07 Å². The Balaban J connectivity index is 3.25. The van der Waals surface area contributed by atoms with Crippen LogP contribution in [0.25, 0.3) is 0 Å². The lowest BCUT2D eigenvalue weighted by atomic mass is 10.1. The third kappa shape index (κ3) is 1.89. The summed E-state index contributed by atoms with van der Waals surface area (Å²) >= 11 is 3.18. The van der Waals surface area contributed by atoms with Crippen LogP contribution in [0.2, 0.25) is 0 Å². The number of hydrogen-bond donors (Lipinski definition) is 0. The standard InChI is InChI=1S/C8H4BrNO/c9-8-2-6(4-10)1-7(3-8)5-11/h1-3,5H. The lowest BCUT2D eigenvalue weighted by Crippen LogP contribution is -1.82. The number of halogens is 1. The minimum absolute atomic E-state index is 0.487. The summed E-state index contributed by atoms with van der Waals surface area (Å²) in [5, 5.41) is 8.50. The van der Waals surface area contributed by atoms with Gasteiger partial charge in [-0.15, -0.1) is 0 Å². The fourth-order valence-electron chi connectivity index (χ4n) is 0.745. The number of carbonyl (C=O) groups excluding carboxylic acids is 1. The van der Waals surface area contributed by atoms with E-state index in [4.69, 9.17) is 5.26 Å². The maximum Gasteiger partial charge on any atom is 0.150 e. The van der Waals surface area contributed by atoms with Crippen LogP contribution in [0.15, 0.2) is 22.7 Å². The van der Waals surface area contributed by atoms with Crippen molar-refractivity contribution >= 4 is 22.2 Å². The molecule has 0 aliphatic carbocycles. The second-order valence-corrected chi connectivity index (χ2v) is 2.92. The molecule has 54 valence electrons. The number of nitriles is 1. The predicted molar refractivity (Wildman–Crippen MR) is 44.2 cm³/mol. The maximum atomic E-state index is 10.3. The van der Waals surface area contributed by atoms with Crippen LogP contribution < -0.4 is 0 Å². The van der Waals surface area contributed by atoms with E-state index in [-0.39, 0.29) is 0 Å². The van der Waals surface area contributed by atoms with E-state index in [0.29, 0.717) is 17.4 Å². The monoisotopic (exact) mass is 209 g/mol. The van der Waals surface area contributed by atoms with Gasteiger partial charge in [0.1, 0.15) is 6.29 Å². The highest BCUT2D eigenvalue weighted by Gasteiger charge is 1.96. The lowest BCUT2D eigenvalue weighted by molar-refractivity contribution is 0.112. The molecular weight excluding hydrogens is 206 g/mol. The number of carbonyl (C=O) groups is 1. The number of hydrogen-bond acceptors (Lipinski definition) is 2. The molecule has 0 amide bonds. The van der Waals surface area contributed by atoms with E-state index < -0.39 is 0 Å². The molecule has 0 heterocycles. The average molecular weight is 210 g/mol. The smallest absolute Gasteiger partial charge is 0.150 e. The lowest BCUT2D eigenvalue weighted by Gasteiger charge is -1.93. The molecule has 0 radical (unpaired) electrons. The normalized spacial score (nSPS) is 8.73. The van der Waals surface area contributed by atoms with E-state index in [9.17, 15) is 4.79 Å². The van der Waals surface area contributed by atoms with Gasteiger partial charge in [0.15, 0.2) is 0 Å². The molecule has 0 saturated heterocycles. The van der Waals surface area contributed by atoms with Crippen molar-refractivity contribution in [1.29, 1.82) is 5.26 Å². The Morgan fingerprint density at radius 3 is 2.73 bits per heavy atom. The first-order chi connectivity index (χ1) is 5.26. The van der Waals surface area contributed by atoms with Crippen LogP contribution in [0.3, 0.4) is 0 Å². The van der Waals surface area contributed by atoms with Gasteiger partial charge < -0.3 is 0 Å². The van der Waals surface area contributed by atoms with Crippen molar-refractivity contribution in [2.75, 3.05) is 0 Å². The largest absolute Gasteiger partial charge is 0.298 e. The first-order valence-electron chi connectivity index (χ1n) is 2.92. The fourth-order valence-corrected chi connectivity index (χ4v) is 1.26. The topological polar surface area (TPSA) is 40.9 Å². The predicted octanol–water partition coefficient (Wildman–Crippen LogP) is 2.13. The van der Waals surface area contributed by atoms with Crippen molar-refractivity contribution in [3.05, 3.63) is 33.8 Å². The van der Waals surface area contributed by atoms with Crippen LogP contribution in [0.5, 0.6) is 0 Å². The molecular formula is C8H4BrNO. The second kappa shape index (κ2) is 3.31. The van der Waals surface area contributed by atoms with E-state index in [1.807, 2.05) is 6.07 Å². The highest BCUT2D eigenvalue weighted by molar-refractivity contribution is 9.10. The molecule has 0 N–H and O–H groups in total. The number of aldehydes is 1. The Kier molecular flexibility index (Phi) is 2.40. The second-order valence-electron chi connectivity index (χ2n) is 2.00. The van der Waals surface area contributed by atoms with Gasteiger partial charge in [0, 0.05) is 10.0 Å². The Bertz CT molecular complexity index is 327. The van der Waals surface area contributed by atoms with Crippen LogP contribution >= 0.6 is 15.9 Å². The molecule has 1 aromatic carbocycles. The Hall–Kier alpha value is -1.14. The molecule has 1 aromatic rings. The molecule has 0 aliphatic heterocycles. The van der Waals surface area contributed by atoms with Gasteiger partial charge in [0.2, 0.25) is 0 Å². The zero-order valence-corrected chi connectivity index (χ0v) is 7.13. The van der Waals surface area contributed by atoms with Gasteiger partial charge in [-0.1, -0.05) is 15.9 Å². The molecule has 0 saturated carbocycles. The molecule has 0 aliphatic rings. The van der Waals surface area contributed by atoms with E-state index >= 15 is 0 Å². The summed E-state index contributed by atoms with van der Waals surface area (Å²) in [6, 6.07) is 6.81. The third-order valence-electron chi connectivity index (χ3n) is 1.19. The van der Waals surface area contributed by atoms with Gasteiger partial charge in [-0.05, 0) is 18.2 Å². The first-order valence-corrected chi connectivity index (χ1v) is 3.71. The molecule has 3 heteroatoms. The first kappa shape index (κ1) is 7.96. The van der Waals surface area contributed by atoms with Crippen molar-refractivity contribution in [1.82, 2.24) is 0 Å². The highest BCUT2D eigenvalue weighted by atomic mass is 79.9. The Labute approximate surface area is 72.6 Å². The summed E-state index contributed by atoms with van der Waals surface area (Å²) < 4.78 is 0.749. The van der Waals surface area contributed by atoms with Crippen molar-refractivity contribution in [3.63, 3.8) is 0 Å². The third-order valence-corrected chi connectivity index (χ3v) is 1.64. The molecule has 0 atom stereocenters. The van der Waals surface area contributed by atoms with Crippen molar-refractivity contribution in [2.24, 2.45) is 0 Å². The molecule has 1 rings (SSSR count). The Morgan fingerprint density at radius 2 is 2.18 bits per heavy atom. The molecule has 0 fully saturated rings. The summed E-state index contributed by atoms with van der Waals surface area (Å²) in [6.07, 6.45) is 0.714. The van der Waals surface area contributed by atoms with Gasteiger partial charge >= 0.3 is 0 Å². The summed E-state index contributed by atoms with van der Waals surface area (Å²) in [5.74, 6) is 0. The number of nitrogens with zero attached hydrogens (tertiary/aromatic N) is 1. The summed E-state index contributed by atoms with van der Waals surface area (Å²) in [6.45, 7) is 0. The average Bonchev–Trinajstić information content (AvgIpc) is 2.03. The van der Waals surface area contributed by atoms with E-state index in [1.54, 1.807) is 12.1 Å². The molecule has 2 nitrogen and oxygen atoms in total. The van der Waals surface area contributed by atoms with Gasteiger partial charge in [-0.3, -0.25) is 4.79 Å².